The standard InChI is InChI=1S/C33H28ClN3O7S2/c1-3-13-42-23-11-9-19(16-25(23)41-4-2)28-27(29(38)20-10-12-24-26(17-20)44-15-14-43-24)30(39)31(40)37(28)32-35-36-33(46-32)45-18-21-7-5-6-8-22(21)34/h3,5-12,16-17,28,38H,1,4,13-15,18H2,2H3/b29-27+/t28-/m0/s1. The predicted molar refractivity (Wildman–Crippen MR) is 176 cm³/mol. The van der Waals surface area contributed by atoms with E-state index in [0.717, 1.165) is 16.9 Å². The number of amides is 1. The van der Waals surface area contributed by atoms with Gasteiger partial charge in [0, 0.05) is 16.3 Å². The van der Waals surface area contributed by atoms with Crippen LogP contribution in [0.3, 0.4) is 0 Å². The number of anilines is 1. The minimum Gasteiger partial charge on any atom is -0.507 e. The van der Waals surface area contributed by atoms with Gasteiger partial charge in [0.2, 0.25) is 5.13 Å². The largest absolute Gasteiger partial charge is 0.507 e. The Morgan fingerprint density at radius 3 is 2.67 bits per heavy atom. The zero-order valence-corrected chi connectivity index (χ0v) is 27.0. The molecule has 0 unspecified atom stereocenters. The fourth-order valence-corrected chi connectivity index (χ4v) is 7.19. The fraction of sp³-hybridized carbons (Fsp3) is 0.212. The Labute approximate surface area is 278 Å². The summed E-state index contributed by atoms with van der Waals surface area (Å²) in [5, 5.41) is 21.1. The van der Waals surface area contributed by atoms with Crippen molar-refractivity contribution in [2.75, 3.05) is 31.3 Å². The molecule has 1 N–H and O–H groups in total. The van der Waals surface area contributed by atoms with Crippen LogP contribution in [0.2, 0.25) is 5.02 Å². The van der Waals surface area contributed by atoms with Crippen LogP contribution in [0.4, 0.5) is 5.13 Å². The number of thioether (sulfide) groups is 1. The lowest BCUT2D eigenvalue weighted by molar-refractivity contribution is -0.132. The number of ether oxygens (including phenoxy) is 4. The van der Waals surface area contributed by atoms with Gasteiger partial charge in [0.1, 0.15) is 25.6 Å². The molecule has 2 aliphatic heterocycles. The molecule has 1 saturated heterocycles. The number of hydrogen-bond donors (Lipinski definition) is 1. The second-order valence-electron chi connectivity index (χ2n) is 10.00. The highest BCUT2D eigenvalue weighted by molar-refractivity contribution is 8.00. The second-order valence-corrected chi connectivity index (χ2v) is 12.6. The van der Waals surface area contributed by atoms with Gasteiger partial charge in [0.15, 0.2) is 27.3 Å². The first kappa shape index (κ1) is 31.5. The number of aliphatic hydroxyl groups is 1. The number of nitrogens with zero attached hydrogens (tertiary/aromatic N) is 3. The maximum atomic E-state index is 13.8. The molecule has 10 nitrogen and oxygen atoms in total. The first-order valence-electron chi connectivity index (χ1n) is 14.3. The van der Waals surface area contributed by atoms with Gasteiger partial charge in [-0.2, -0.15) is 0 Å². The minimum absolute atomic E-state index is 0.121. The quantitative estimate of drug-likeness (QED) is 0.0451. The first-order chi connectivity index (χ1) is 22.4. The molecule has 0 saturated carbocycles. The molecule has 1 fully saturated rings. The van der Waals surface area contributed by atoms with Crippen LogP contribution in [0, 0.1) is 0 Å². The molecule has 3 heterocycles. The summed E-state index contributed by atoms with van der Waals surface area (Å²) < 4.78 is 23.5. The first-order valence-corrected chi connectivity index (χ1v) is 16.5. The summed E-state index contributed by atoms with van der Waals surface area (Å²) in [4.78, 5) is 28.8. The van der Waals surface area contributed by atoms with E-state index in [0.29, 0.717) is 63.5 Å². The highest BCUT2D eigenvalue weighted by Crippen LogP contribution is 2.46. The van der Waals surface area contributed by atoms with Crippen LogP contribution in [0.1, 0.15) is 29.7 Å². The summed E-state index contributed by atoms with van der Waals surface area (Å²) in [6.07, 6.45) is 1.61. The Hall–Kier alpha value is -4.52. The lowest BCUT2D eigenvalue weighted by atomic mass is 9.95. The van der Waals surface area contributed by atoms with Gasteiger partial charge in [-0.05, 0) is 54.4 Å². The van der Waals surface area contributed by atoms with E-state index in [-0.39, 0.29) is 28.6 Å². The molecular weight excluding hydrogens is 650 g/mol. The number of aromatic nitrogens is 2. The van der Waals surface area contributed by atoms with Crippen LogP contribution >= 0.6 is 34.7 Å². The number of fused-ring (bicyclic) bond motifs is 1. The van der Waals surface area contributed by atoms with Crippen LogP contribution in [0.15, 0.2) is 83.2 Å². The summed E-state index contributed by atoms with van der Waals surface area (Å²) >= 11 is 8.89. The summed E-state index contributed by atoms with van der Waals surface area (Å²) in [5.74, 6) is 0.245. The highest BCUT2D eigenvalue weighted by Gasteiger charge is 2.48. The lowest BCUT2D eigenvalue weighted by Gasteiger charge is -2.24. The van der Waals surface area contributed by atoms with E-state index in [2.05, 4.69) is 16.8 Å². The van der Waals surface area contributed by atoms with Crippen LogP contribution in [-0.2, 0) is 15.3 Å². The number of aliphatic hydroxyl groups excluding tert-OH is 1. The zero-order chi connectivity index (χ0) is 32.2. The van der Waals surface area contributed by atoms with Crippen molar-refractivity contribution in [2.24, 2.45) is 0 Å². The molecule has 0 spiro atoms. The Morgan fingerprint density at radius 1 is 1.09 bits per heavy atom. The van der Waals surface area contributed by atoms with Gasteiger partial charge in [-0.1, -0.05) is 71.6 Å². The third kappa shape index (κ3) is 6.28. The maximum Gasteiger partial charge on any atom is 0.301 e. The van der Waals surface area contributed by atoms with Crippen molar-refractivity contribution < 1.29 is 33.6 Å². The molecule has 1 atom stereocenters. The highest BCUT2D eigenvalue weighted by atomic mass is 35.5. The average molecular weight is 678 g/mol. The monoisotopic (exact) mass is 677 g/mol. The van der Waals surface area contributed by atoms with Crippen LogP contribution < -0.4 is 23.8 Å². The smallest absolute Gasteiger partial charge is 0.301 e. The molecule has 46 heavy (non-hydrogen) atoms. The molecule has 13 heteroatoms. The van der Waals surface area contributed by atoms with Crippen molar-refractivity contribution in [3.63, 3.8) is 0 Å². The summed E-state index contributed by atoms with van der Waals surface area (Å²) in [6.45, 7) is 6.87. The Balaban J connectivity index is 1.43. The molecule has 0 aliphatic carbocycles. The number of hydrogen-bond acceptors (Lipinski definition) is 11. The molecule has 1 amide bonds. The lowest BCUT2D eigenvalue weighted by Crippen LogP contribution is -2.29. The summed E-state index contributed by atoms with van der Waals surface area (Å²) in [6, 6.07) is 16.4. The van der Waals surface area contributed by atoms with Gasteiger partial charge < -0.3 is 24.1 Å². The number of Topliss-reactive ketones (excluding diaryl/α,β-unsaturated/α-hetero) is 1. The molecular formula is C33H28ClN3O7S2. The van der Waals surface area contributed by atoms with Crippen molar-refractivity contribution in [1.82, 2.24) is 10.2 Å². The SMILES string of the molecule is C=CCOc1ccc([C@H]2/C(=C(\O)c3ccc4c(c3)OCCO4)C(=O)C(=O)N2c2nnc(SCc3ccccc3Cl)s2)cc1OCC. The van der Waals surface area contributed by atoms with Gasteiger partial charge in [0.05, 0.1) is 18.2 Å². The third-order valence-corrected chi connectivity index (χ3v) is 9.58. The molecule has 236 valence electrons. The van der Waals surface area contributed by atoms with Crippen molar-refractivity contribution in [3.8, 4) is 23.0 Å². The van der Waals surface area contributed by atoms with Crippen molar-refractivity contribution in [3.05, 3.63) is 101 Å². The van der Waals surface area contributed by atoms with E-state index >= 15 is 0 Å². The van der Waals surface area contributed by atoms with E-state index in [1.165, 1.54) is 16.7 Å². The Kier molecular flexibility index (Phi) is 9.48. The van der Waals surface area contributed by atoms with Crippen LogP contribution in [-0.4, -0.2) is 53.4 Å². The molecule has 4 aromatic rings. The summed E-state index contributed by atoms with van der Waals surface area (Å²) in [7, 11) is 0. The van der Waals surface area contributed by atoms with Crippen molar-refractivity contribution in [2.45, 2.75) is 23.1 Å². The molecule has 0 radical (unpaired) electrons. The van der Waals surface area contributed by atoms with Gasteiger partial charge in [0.25, 0.3) is 5.78 Å². The minimum atomic E-state index is -1.06. The normalized spacial score (nSPS) is 16.8. The molecule has 6 rings (SSSR count). The number of rotatable bonds is 11. The number of ketones is 1. The van der Waals surface area contributed by atoms with E-state index in [1.54, 1.807) is 42.5 Å². The summed E-state index contributed by atoms with van der Waals surface area (Å²) in [5.41, 5.74) is 1.59. The van der Waals surface area contributed by atoms with E-state index in [9.17, 15) is 14.7 Å². The van der Waals surface area contributed by atoms with Gasteiger partial charge >= 0.3 is 5.91 Å². The van der Waals surface area contributed by atoms with Gasteiger partial charge in [-0.25, -0.2) is 0 Å². The van der Waals surface area contributed by atoms with E-state index in [1.807, 2.05) is 31.2 Å². The predicted octanol–water partition coefficient (Wildman–Crippen LogP) is 6.84. The average Bonchev–Trinajstić information content (AvgIpc) is 3.64. The Morgan fingerprint density at radius 2 is 1.89 bits per heavy atom. The number of halogens is 1. The fourth-order valence-electron chi connectivity index (χ4n) is 5.04. The molecule has 0 bridgehead atoms. The number of carbonyl (C=O) groups excluding carboxylic acids is 2. The maximum absolute atomic E-state index is 13.8. The topological polar surface area (TPSA) is 120 Å². The van der Waals surface area contributed by atoms with Gasteiger partial charge in [-0.15, -0.1) is 10.2 Å². The molecule has 1 aromatic heterocycles. The van der Waals surface area contributed by atoms with Gasteiger partial charge in [-0.3, -0.25) is 14.5 Å². The second kappa shape index (κ2) is 13.9. The third-order valence-electron chi connectivity index (χ3n) is 7.11. The van der Waals surface area contributed by atoms with Crippen LogP contribution in [0.25, 0.3) is 5.76 Å². The number of benzene rings is 3. The van der Waals surface area contributed by atoms with E-state index in [4.69, 9.17) is 30.5 Å². The number of carbonyl (C=O) groups is 2. The Bertz CT molecular complexity index is 1840. The van der Waals surface area contributed by atoms with Crippen LogP contribution in [0.5, 0.6) is 23.0 Å². The zero-order valence-electron chi connectivity index (χ0n) is 24.6. The van der Waals surface area contributed by atoms with E-state index < -0.39 is 17.7 Å². The molecule has 2 aliphatic rings. The van der Waals surface area contributed by atoms with Crippen molar-refractivity contribution >= 4 is 57.3 Å². The molecule has 3 aromatic carbocycles. The van der Waals surface area contributed by atoms with Crippen molar-refractivity contribution in [1.29, 1.82) is 0 Å².